The molecule has 1 aromatic heterocycles. The van der Waals surface area contributed by atoms with Gasteiger partial charge in [-0.1, -0.05) is 13.0 Å². The van der Waals surface area contributed by atoms with Crippen molar-refractivity contribution in [3.05, 3.63) is 23.9 Å². The molecule has 1 aromatic rings. The molecule has 0 aromatic carbocycles. The van der Waals surface area contributed by atoms with Crippen molar-refractivity contribution in [2.24, 2.45) is 5.92 Å². The lowest BCUT2D eigenvalue weighted by atomic mass is 10.1. The van der Waals surface area contributed by atoms with Crippen molar-refractivity contribution in [1.82, 2.24) is 10.3 Å². The van der Waals surface area contributed by atoms with Crippen molar-refractivity contribution in [1.29, 1.82) is 0 Å². The van der Waals surface area contributed by atoms with Crippen LogP contribution in [0.1, 0.15) is 25.3 Å². The Balaban J connectivity index is 2.03. The minimum Gasteiger partial charge on any atom is -0.396 e. The van der Waals surface area contributed by atoms with Crippen LogP contribution in [0.25, 0.3) is 0 Å². The van der Waals surface area contributed by atoms with Crippen molar-refractivity contribution in [2.45, 2.75) is 26.3 Å². The van der Waals surface area contributed by atoms with E-state index in [2.05, 4.69) is 28.2 Å². The first-order chi connectivity index (χ1) is 8.85. The third-order valence-corrected chi connectivity index (χ3v) is 3.45. The summed E-state index contributed by atoms with van der Waals surface area (Å²) in [6.07, 6.45) is 4.06. The second-order valence-corrected chi connectivity index (χ2v) is 4.95. The second kappa shape index (κ2) is 6.71. The molecule has 2 heterocycles. The van der Waals surface area contributed by atoms with Gasteiger partial charge in [-0.2, -0.15) is 0 Å². The van der Waals surface area contributed by atoms with Crippen LogP contribution in [0.15, 0.2) is 18.3 Å². The number of anilines is 1. The van der Waals surface area contributed by atoms with Gasteiger partial charge in [0.05, 0.1) is 0 Å². The highest BCUT2D eigenvalue weighted by molar-refractivity contribution is 5.47. The van der Waals surface area contributed by atoms with Crippen LogP contribution in [-0.2, 0) is 6.54 Å². The third kappa shape index (κ3) is 3.21. The van der Waals surface area contributed by atoms with Gasteiger partial charge in [-0.05, 0) is 25.5 Å². The average molecular weight is 249 g/mol. The summed E-state index contributed by atoms with van der Waals surface area (Å²) in [6.45, 7) is 6.29. The van der Waals surface area contributed by atoms with Gasteiger partial charge < -0.3 is 15.3 Å². The summed E-state index contributed by atoms with van der Waals surface area (Å²) in [5, 5.41) is 12.6. The van der Waals surface area contributed by atoms with Crippen molar-refractivity contribution >= 4 is 5.82 Å². The molecule has 1 aliphatic rings. The monoisotopic (exact) mass is 249 g/mol. The maximum Gasteiger partial charge on any atom is 0.133 e. The zero-order valence-electron chi connectivity index (χ0n) is 11.1. The summed E-state index contributed by atoms with van der Waals surface area (Å²) < 4.78 is 0. The van der Waals surface area contributed by atoms with Crippen LogP contribution < -0.4 is 10.2 Å². The molecule has 1 fully saturated rings. The molecule has 0 radical (unpaired) electrons. The lowest BCUT2D eigenvalue weighted by Gasteiger charge is -2.20. The fourth-order valence-electron chi connectivity index (χ4n) is 2.43. The van der Waals surface area contributed by atoms with E-state index in [9.17, 15) is 5.11 Å². The Morgan fingerprint density at radius 1 is 1.56 bits per heavy atom. The lowest BCUT2D eigenvalue weighted by Crippen LogP contribution is -2.24. The fraction of sp³-hybridized carbons (Fsp3) is 0.643. The maximum absolute atomic E-state index is 9.21. The Bertz CT molecular complexity index is 370. The van der Waals surface area contributed by atoms with E-state index in [4.69, 9.17) is 0 Å². The number of nitrogens with zero attached hydrogens (tertiary/aromatic N) is 2. The number of nitrogens with one attached hydrogen (secondary N) is 1. The Morgan fingerprint density at radius 3 is 3.17 bits per heavy atom. The molecule has 0 spiro atoms. The molecule has 2 N–H and O–H groups in total. The molecule has 1 atom stereocenters. The van der Waals surface area contributed by atoms with E-state index in [1.165, 1.54) is 5.56 Å². The summed E-state index contributed by atoms with van der Waals surface area (Å²) in [5.74, 6) is 1.49. The Kier molecular flexibility index (Phi) is 4.96. The molecule has 0 bridgehead atoms. The summed E-state index contributed by atoms with van der Waals surface area (Å²) in [5.41, 5.74) is 1.25. The van der Waals surface area contributed by atoms with E-state index in [0.29, 0.717) is 5.92 Å². The first-order valence-corrected chi connectivity index (χ1v) is 6.85. The molecular weight excluding hydrogens is 226 g/mol. The van der Waals surface area contributed by atoms with Crippen molar-refractivity contribution < 1.29 is 5.11 Å². The first-order valence-electron chi connectivity index (χ1n) is 6.85. The zero-order valence-corrected chi connectivity index (χ0v) is 11.1. The predicted octanol–water partition coefficient (Wildman–Crippen LogP) is 1.40. The molecule has 4 nitrogen and oxygen atoms in total. The minimum atomic E-state index is 0.284. The van der Waals surface area contributed by atoms with E-state index in [1.807, 2.05) is 12.3 Å². The Labute approximate surface area is 109 Å². The van der Waals surface area contributed by atoms with E-state index in [0.717, 1.165) is 44.8 Å². The van der Waals surface area contributed by atoms with Gasteiger partial charge in [-0.25, -0.2) is 4.98 Å². The van der Waals surface area contributed by atoms with Crippen molar-refractivity contribution in [3.8, 4) is 0 Å². The minimum absolute atomic E-state index is 0.284. The second-order valence-electron chi connectivity index (χ2n) is 4.95. The molecule has 1 unspecified atom stereocenters. The summed E-state index contributed by atoms with van der Waals surface area (Å²) in [6, 6.07) is 4.13. The van der Waals surface area contributed by atoms with Crippen LogP contribution in [0.4, 0.5) is 5.82 Å². The highest BCUT2D eigenvalue weighted by Crippen LogP contribution is 2.24. The standard InChI is InChI=1S/C14H23N3O/c1-2-6-15-9-13-4-3-7-16-14(13)17-8-5-12(10-17)11-18/h3-4,7,12,15,18H,2,5-6,8-11H2,1H3. The van der Waals surface area contributed by atoms with Crippen molar-refractivity contribution in [2.75, 3.05) is 31.1 Å². The molecule has 2 rings (SSSR count). The number of aliphatic hydroxyl groups is 1. The van der Waals surface area contributed by atoms with Crippen LogP contribution in [0.5, 0.6) is 0 Å². The van der Waals surface area contributed by atoms with E-state index < -0.39 is 0 Å². The zero-order chi connectivity index (χ0) is 12.8. The molecular formula is C14H23N3O. The van der Waals surface area contributed by atoms with Gasteiger partial charge in [-0.15, -0.1) is 0 Å². The van der Waals surface area contributed by atoms with Gasteiger partial charge in [0.25, 0.3) is 0 Å². The quantitative estimate of drug-likeness (QED) is 0.748. The fourth-order valence-corrected chi connectivity index (χ4v) is 2.43. The highest BCUT2D eigenvalue weighted by Gasteiger charge is 2.24. The topological polar surface area (TPSA) is 48.4 Å². The largest absolute Gasteiger partial charge is 0.396 e. The third-order valence-electron chi connectivity index (χ3n) is 3.45. The molecule has 18 heavy (non-hydrogen) atoms. The first kappa shape index (κ1) is 13.3. The number of rotatable bonds is 6. The van der Waals surface area contributed by atoms with Gasteiger partial charge in [0.15, 0.2) is 0 Å². The van der Waals surface area contributed by atoms with Crippen LogP contribution in [0.3, 0.4) is 0 Å². The molecule has 100 valence electrons. The summed E-state index contributed by atoms with van der Waals surface area (Å²) >= 11 is 0. The maximum atomic E-state index is 9.21. The SMILES string of the molecule is CCCNCc1cccnc1N1CCC(CO)C1. The van der Waals surface area contributed by atoms with Gasteiger partial charge in [0.1, 0.15) is 5.82 Å². The Morgan fingerprint density at radius 2 is 2.44 bits per heavy atom. The van der Waals surface area contributed by atoms with Crippen molar-refractivity contribution in [3.63, 3.8) is 0 Å². The number of hydrogen-bond donors (Lipinski definition) is 2. The smallest absolute Gasteiger partial charge is 0.133 e. The predicted molar refractivity (Wildman–Crippen MR) is 73.6 cm³/mol. The molecule has 4 heteroatoms. The van der Waals surface area contributed by atoms with Crippen LogP contribution in [-0.4, -0.2) is 36.3 Å². The normalized spacial score (nSPS) is 19.4. The Hall–Kier alpha value is -1.13. The molecule has 0 saturated carbocycles. The molecule has 1 aliphatic heterocycles. The molecule has 1 saturated heterocycles. The van der Waals surface area contributed by atoms with E-state index in [-0.39, 0.29) is 6.61 Å². The lowest BCUT2D eigenvalue weighted by molar-refractivity contribution is 0.238. The summed E-state index contributed by atoms with van der Waals surface area (Å²) in [4.78, 5) is 6.81. The van der Waals surface area contributed by atoms with E-state index >= 15 is 0 Å². The summed E-state index contributed by atoms with van der Waals surface area (Å²) in [7, 11) is 0. The average Bonchev–Trinajstić information content (AvgIpc) is 2.88. The van der Waals surface area contributed by atoms with E-state index in [1.54, 1.807) is 0 Å². The van der Waals surface area contributed by atoms with Gasteiger partial charge in [-0.3, -0.25) is 0 Å². The number of aromatic nitrogens is 1. The number of aliphatic hydroxyl groups excluding tert-OH is 1. The molecule has 0 amide bonds. The molecule has 0 aliphatic carbocycles. The van der Waals surface area contributed by atoms with Crippen LogP contribution in [0.2, 0.25) is 0 Å². The van der Waals surface area contributed by atoms with Gasteiger partial charge >= 0.3 is 0 Å². The highest BCUT2D eigenvalue weighted by atomic mass is 16.3. The number of hydrogen-bond acceptors (Lipinski definition) is 4. The van der Waals surface area contributed by atoms with Crippen LogP contribution >= 0.6 is 0 Å². The van der Waals surface area contributed by atoms with Gasteiger partial charge in [0, 0.05) is 43.9 Å². The van der Waals surface area contributed by atoms with Crippen LogP contribution in [0, 0.1) is 5.92 Å². The number of pyridine rings is 1. The van der Waals surface area contributed by atoms with Gasteiger partial charge in [0.2, 0.25) is 0 Å².